The number of aliphatic imine (C=N–C) groups is 1. The fraction of sp³-hybridized carbons (Fsp3) is 0.176. The molecule has 26 heavy (non-hydrogen) atoms. The fourth-order valence-electron chi connectivity index (χ4n) is 2.27. The summed E-state index contributed by atoms with van der Waals surface area (Å²) in [6, 6.07) is 11.7. The van der Waals surface area contributed by atoms with Crippen molar-refractivity contribution < 1.29 is 4.42 Å². The van der Waals surface area contributed by atoms with Crippen molar-refractivity contribution in [2.75, 3.05) is 5.32 Å². The van der Waals surface area contributed by atoms with Gasteiger partial charge in [-0.2, -0.15) is 4.99 Å². The third kappa shape index (κ3) is 5.22. The second kappa shape index (κ2) is 10.2. The lowest BCUT2D eigenvalue weighted by Gasteiger charge is -2.09. The van der Waals surface area contributed by atoms with Crippen LogP contribution in [0.3, 0.4) is 0 Å². The Labute approximate surface area is 168 Å². The standard InChI is InChI=1S/C17H19N5OS.2ClH/c1-2-11-5-3-4-6-13(11)20-16(19)22-17-21-14(10-24-17)15-8-7-12(9-18)23-15;;/h3-8,10H,2,9,18H2,1H3,(H3,19,20,21,22);2*1H. The van der Waals surface area contributed by atoms with Crippen LogP contribution in [0.5, 0.6) is 0 Å². The summed E-state index contributed by atoms with van der Waals surface area (Å²) in [6.45, 7) is 2.46. The maximum atomic E-state index is 6.00. The number of hydrogen-bond donors (Lipinski definition) is 3. The zero-order valence-corrected chi connectivity index (χ0v) is 16.6. The summed E-state index contributed by atoms with van der Waals surface area (Å²) in [7, 11) is 0. The molecule has 0 unspecified atom stereocenters. The monoisotopic (exact) mass is 413 g/mol. The lowest BCUT2D eigenvalue weighted by Crippen LogP contribution is -2.22. The van der Waals surface area contributed by atoms with Gasteiger partial charge in [0.1, 0.15) is 11.5 Å². The van der Waals surface area contributed by atoms with Crippen LogP contribution in [-0.2, 0) is 13.0 Å². The molecule has 6 nitrogen and oxygen atoms in total. The topological polar surface area (TPSA) is 102 Å². The Morgan fingerprint density at radius 3 is 2.69 bits per heavy atom. The van der Waals surface area contributed by atoms with Crippen molar-refractivity contribution >= 4 is 52.9 Å². The number of aryl methyl sites for hydroxylation is 1. The minimum atomic E-state index is 0. The Morgan fingerprint density at radius 1 is 1.23 bits per heavy atom. The molecule has 2 aromatic heterocycles. The number of para-hydroxylation sites is 1. The highest BCUT2D eigenvalue weighted by atomic mass is 35.5. The van der Waals surface area contributed by atoms with E-state index in [4.69, 9.17) is 15.9 Å². The van der Waals surface area contributed by atoms with E-state index in [0.29, 0.717) is 23.4 Å². The normalized spacial score (nSPS) is 10.8. The number of nitrogens with one attached hydrogen (secondary N) is 1. The van der Waals surface area contributed by atoms with Crippen molar-refractivity contribution in [3.8, 4) is 11.5 Å². The van der Waals surface area contributed by atoms with Crippen LogP contribution >= 0.6 is 36.2 Å². The van der Waals surface area contributed by atoms with Crippen LogP contribution in [0.4, 0.5) is 10.8 Å². The van der Waals surface area contributed by atoms with E-state index >= 15 is 0 Å². The van der Waals surface area contributed by atoms with Crippen LogP contribution in [-0.4, -0.2) is 10.9 Å². The molecule has 0 aliphatic rings. The smallest absolute Gasteiger partial charge is 0.213 e. The molecule has 2 heterocycles. The number of rotatable bonds is 5. The number of benzene rings is 1. The number of nitrogens with two attached hydrogens (primary N) is 2. The van der Waals surface area contributed by atoms with Gasteiger partial charge in [0.2, 0.25) is 11.1 Å². The second-order valence-corrected chi connectivity index (χ2v) is 5.95. The molecule has 0 atom stereocenters. The first kappa shape index (κ1) is 22.0. The zero-order chi connectivity index (χ0) is 16.9. The molecule has 0 spiro atoms. The summed E-state index contributed by atoms with van der Waals surface area (Å²) in [6.07, 6.45) is 0.916. The summed E-state index contributed by atoms with van der Waals surface area (Å²) >= 11 is 1.40. The van der Waals surface area contributed by atoms with Gasteiger partial charge in [0.15, 0.2) is 5.76 Å². The molecule has 1 aromatic carbocycles. The van der Waals surface area contributed by atoms with E-state index in [1.54, 1.807) is 0 Å². The summed E-state index contributed by atoms with van der Waals surface area (Å²) in [5, 5.41) is 5.57. The zero-order valence-electron chi connectivity index (χ0n) is 14.1. The molecule has 5 N–H and O–H groups in total. The molecule has 0 radical (unpaired) electrons. The number of thiazole rings is 1. The number of furan rings is 1. The minimum Gasteiger partial charge on any atom is -0.458 e. The quantitative estimate of drug-likeness (QED) is 0.426. The fourth-order valence-corrected chi connectivity index (χ4v) is 2.96. The predicted molar refractivity (Wildman–Crippen MR) is 113 cm³/mol. The van der Waals surface area contributed by atoms with Crippen molar-refractivity contribution in [1.82, 2.24) is 4.98 Å². The van der Waals surface area contributed by atoms with Gasteiger partial charge >= 0.3 is 0 Å². The molecule has 0 bridgehead atoms. The van der Waals surface area contributed by atoms with Gasteiger partial charge in [-0.3, -0.25) is 0 Å². The van der Waals surface area contributed by atoms with E-state index in [0.717, 1.165) is 23.6 Å². The van der Waals surface area contributed by atoms with Crippen molar-refractivity contribution in [3.05, 3.63) is 53.1 Å². The Balaban J connectivity index is 0.00000169. The van der Waals surface area contributed by atoms with Gasteiger partial charge in [0, 0.05) is 11.1 Å². The Hall–Kier alpha value is -2.06. The SMILES string of the molecule is CCc1ccccc1NC(N)=Nc1nc(-c2ccc(CN)o2)cs1.Cl.Cl. The number of nitrogens with zero attached hydrogens (tertiary/aromatic N) is 2. The van der Waals surface area contributed by atoms with Crippen molar-refractivity contribution in [2.24, 2.45) is 16.5 Å². The van der Waals surface area contributed by atoms with Crippen LogP contribution < -0.4 is 16.8 Å². The first-order valence-corrected chi connectivity index (χ1v) is 8.51. The third-order valence-electron chi connectivity index (χ3n) is 3.48. The number of hydrogen-bond acceptors (Lipinski definition) is 5. The maximum Gasteiger partial charge on any atom is 0.213 e. The van der Waals surface area contributed by atoms with E-state index in [9.17, 15) is 0 Å². The first-order valence-electron chi connectivity index (χ1n) is 7.63. The number of guanidine groups is 1. The maximum absolute atomic E-state index is 6.00. The largest absolute Gasteiger partial charge is 0.458 e. The molecular formula is C17H21Cl2N5OS. The molecular weight excluding hydrogens is 393 g/mol. The van der Waals surface area contributed by atoms with Gasteiger partial charge in [-0.25, -0.2) is 4.98 Å². The summed E-state index contributed by atoms with van der Waals surface area (Å²) in [5.74, 6) is 1.70. The van der Waals surface area contributed by atoms with E-state index in [1.165, 1.54) is 16.9 Å². The van der Waals surface area contributed by atoms with Gasteiger partial charge in [-0.05, 0) is 30.2 Å². The lowest BCUT2D eigenvalue weighted by atomic mass is 10.1. The van der Waals surface area contributed by atoms with E-state index in [1.807, 2.05) is 35.7 Å². The Bertz CT molecular complexity index is 862. The molecule has 3 aromatic rings. The van der Waals surface area contributed by atoms with E-state index in [-0.39, 0.29) is 24.8 Å². The molecule has 140 valence electrons. The van der Waals surface area contributed by atoms with Crippen LogP contribution in [0.15, 0.2) is 51.2 Å². The van der Waals surface area contributed by atoms with Gasteiger partial charge < -0.3 is 21.2 Å². The molecule has 0 aliphatic heterocycles. The highest BCUT2D eigenvalue weighted by molar-refractivity contribution is 7.13. The molecule has 0 fully saturated rings. The molecule has 0 saturated heterocycles. The molecule has 3 rings (SSSR count). The average Bonchev–Trinajstić information content (AvgIpc) is 3.24. The van der Waals surface area contributed by atoms with Gasteiger partial charge in [0.25, 0.3) is 0 Å². The summed E-state index contributed by atoms with van der Waals surface area (Å²) in [5.41, 5.74) is 14.4. The van der Waals surface area contributed by atoms with E-state index in [2.05, 4.69) is 28.3 Å². The summed E-state index contributed by atoms with van der Waals surface area (Å²) < 4.78 is 5.59. The third-order valence-corrected chi connectivity index (χ3v) is 4.22. The van der Waals surface area contributed by atoms with Crippen LogP contribution in [0, 0.1) is 0 Å². The highest BCUT2D eigenvalue weighted by Crippen LogP contribution is 2.28. The average molecular weight is 414 g/mol. The molecule has 0 amide bonds. The molecule has 9 heteroatoms. The lowest BCUT2D eigenvalue weighted by molar-refractivity contribution is 0.524. The van der Waals surface area contributed by atoms with Gasteiger partial charge in [0.05, 0.1) is 6.54 Å². The van der Waals surface area contributed by atoms with E-state index < -0.39 is 0 Å². The van der Waals surface area contributed by atoms with Crippen molar-refractivity contribution in [2.45, 2.75) is 19.9 Å². The number of anilines is 1. The van der Waals surface area contributed by atoms with Crippen LogP contribution in [0.1, 0.15) is 18.2 Å². The van der Waals surface area contributed by atoms with Crippen molar-refractivity contribution in [3.63, 3.8) is 0 Å². The Morgan fingerprint density at radius 2 is 2.00 bits per heavy atom. The van der Waals surface area contributed by atoms with Crippen molar-refractivity contribution in [1.29, 1.82) is 0 Å². The highest BCUT2D eigenvalue weighted by Gasteiger charge is 2.09. The molecule has 0 aliphatic carbocycles. The number of halogens is 2. The van der Waals surface area contributed by atoms with Gasteiger partial charge in [-0.1, -0.05) is 25.1 Å². The summed E-state index contributed by atoms with van der Waals surface area (Å²) in [4.78, 5) is 8.76. The predicted octanol–water partition coefficient (Wildman–Crippen LogP) is 4.33. The Kier molecular flexibility index (Phi) is 8.60. The second-order valence-electron chi connectivity index (χ2n) is 5.12. The van der Waals surface area contributed by atoms with Gasteiger partial charge in [-0.15, -0.1) is 36.2 Å². The minimum absolute atomic E-state index is 0. The molecule has 0 saturated carbocycles. The first-order chi connectivity index (χ1) is 11.7. The van der Waals surface area contributed by atoms with Crippen LogP contribution in [0.25, 0.3) is 11.5 Å². The van der Waals surface area contributed by atoms with Crippen LogP contribution in [0.2, 0.25) is 0 Å². The number of aromatic nitrogens is 1.